The maximum Gasteiger partial charge on any atom is -0.0202 e. The molecule has 8 heavy (non-hydrogen) atoms. The van der Waals surface area contributed by atoms with E-state index >= 15 is 0 Å². The zero-order valence-corrected chi connectivity index (χ0v) is 7.41. The van der Waals surface area contributed by atoms with Crippen LogP contribution in [0.4, 0.5) is 0 Å². The Balaban J connectivity index is 2.13. The van der Waals surface area contributed by atoms with Crippen LogP contribution in [0.2, 0.25) is 0 Å². The Morgan fingerprint density at radius 2 is 2.38 bits per heavy atom. The maximum atomic E-state index is 2.33. The smallest absolute Gasteiger partial charge is 0.0202 e. The van der Waals surface area contributed by atoms with Gasteiger partial charge in [-0.1, -0.05) is 6.92 Å². The van der Waals surface area contributed by atoms with Crippen LogP contribution in [0.5, 0.6) is 0 Å². The standard InChI is InChI=1S/C6H14P2/c1-2-6-5-7-3-4-8-6/h6-8H,2-5H2,1H3. The van der Waals surface area contributed by atoms with Gasteiger partial charge >= 0.3 is 0 Å². The van der Waals surface area contributed by atoms with Crippen LogP contribution in [0.15, 0.2) is 0 Å². The molecule has 3 atom stereocenters. The molecule has 0 saturated carbocycles. The largest absolute Gasteiger partial charge is 0.121 e. The average molecular weight is 148 g/mol. The molecule has 0 aromatic carbocycles. The SMILES string of the molecule is CCC1CPCCP1. The quantitative estimate of drug-likeness (QED) is 0.500. The summed E-state index contributed by atoms with van der Waals surface area (Å²) < 4.78 is 0. The highest BCUT2D eigenvalue weighted by Crippen LogP contribution is 2.34. The highest BCUT2D eigenvalue weighted by atomic mass is 31.1. The monoisotopic (exact) mass is 148 g/mol. The van der Waals surface area contributed by atoms with Crippen molar-refractivity contribution in [2.24, 2.45) is 0 Å². The van der Waals surface area contributed by atoms with E-state index in [-0.39, 0.29) is 0 Å². The normalized spacial score (nSPS) is 36.4. The molecule has 0 spiro atoms. The molecule has 1 aliphatic rings. The summed E-state index contributed by atoms with van der Waals surface area (Å²) in [6.07, 6.45) is 6.06. The first-order chi connectivity index (χ1) is 3.93. The first-order valence-corrected chi connectivity index (χ1v) is 6.07. The average Bonchev–Trinajstić information content (AvgIpc) is 1.90. The van der Waals surface area contributed by atoms with E-state index in [4.69, 9.17) is 0 Å². The topological polar surface area (TPSA) is 0 Å². The molecule has 0 aliphatic carbocycles. The second kappa shape index (κ2) is 3.80. The lowest BCUT2D eigenvalue weighted by molar-refractivity contribution is 0.900. The molecule has 3 unspecified atom stereocenters. The van der Waals surface area contributed by atoms with Gasteiger partial charge in [-0.05, 0) is 30.6 Å². The molecule has 0 amide bonds. The summed E-state index contributed by atoms with van der Waals surface area (Å²) in [5.41, 5.74) is 1.13. The van der Waals surface area contributed by atoms with Crippen LogP contribution >= 0.6 is 17.2 Å². The van der Waals surface area contributed by atoms with Crippen LogP contribution < -0.4 is 0 Å². The lowest BCUT2D eigenvalue weighted by Crippen LogP contribution is -2.08. The zero-order valence-electron chi connectivity index (χ0n) is 5.41. The molecular formula is C6H14P2. The minimum Gasteiger partial charge on any atom is -0.121 e. The predicted octanol–water partition coefficient (Wildman–Crippen LogP) is 2.14. The summed E-state index contributed by atoms with van der Waals surface area (Å²) in [6.45, 7) is 2.33. The summed E-state index contributed by atoms with van der Waals surface area (Å²) in [6, 6.07) is 0. The van der Waals surface area contributed by atoms with Crippen LogP contribution in [0.3, 0.4) is 0 Å². The van der Waals surface area contributed by atoms with Gasteiger partial charge in [0.05, 0.1) is 0 Å². The predicted molar refractivity (Wildman–Crippen MR) is 45.3 cm³/mol. The molecule has 2 heteroatoms. The van der Waals surface area contributed by atoms with Crippen LogP contribution in [0, 0.1) is 0 Å². The molecule has 1 heterocycles. The number of hydrogen-bond donors (Lipinski definition) is 0. The van der Waals surface area contributed by atoms with Crippen molar-refractivity contribution in [1.29, 1.82) is 0 Å². The van der Waals surface area contributed by atoms with Crippen molar-refractivity contribution in [3.63, 3.8) is 0 Å². The van der Waals surface area contributed by atoms with E-state index in [1.54, 1.807) is 6.16 Å². The van der Waals surface area contributed by atoms with Crippen molar-refractivity contribution in [2.45, 2.75) is 19.0 Å². The second-order valence-electron chi connectivity index (χ2n) is 2.26. The molecule has 0 nitrogen and oxygen atoms in total. The van der Waals surface area contributed by atoms with Crippen molar-refractivity contribution in [3.05, 3.63) is 0 Å². The van der Waals surface area contributed by atoms with Crippen LogP contribution in [-0.4, -0.2) is 24.1 Å². The Morgan fingerprint density at radius 1 is 1.50 bits per heavy atom. The maximum absolute atomic E-state index is 2.33. The fourth-order valence-corrected chi connectivity index (χ4v) is 4.83. The fourth-order valence-electron chi connectivity index (χ4n) is 1.00. The lowest BCUT2D eigenvalue weighted by Gasteiger charge is -2.19. The van der Waals surface area contributed by atoms with Crippen LogP contribution in [0.1, 0.15) is 13.3 Å². The molecule has 0 bridgehead atoms. The first kappa shape index (κ1) is 6.97. The van der Waals surface area contributed by atoms with Crippen molar-refractivity contribution >= 4 is 17.2 Å². The number of rotatable bonds is 1. The third-order valence-corrected chi connectivity index (χ3v) is 5.64. The third-order valence-electron chi connectivity index (χ3n) is 1.62. The fraction of sp³-hybridized carbons (Fsp3) is 1.00. The third kappa shape index (κ3) is 2.00. The molecule has 1 fully saturated rings. The van der Waals surface area contributed by atoms with Gasteiger partial charge < -0.3 is 0 Å². The lowest BCUT2D eigenvalue weighted by atomic mass is 10.4. The summed E-state index contributed by atoms with van der Waals surface area (Å²) in [5, 5.41) is 0. The number of hydrogen-bond acceptors (Lipinski definition) is 0. The van der Waals surface area contributed by atoms with Gasteiger partial charge in [-0.15, -0.1) is 17.2 Å². The first-order valence-electron chi connectivity index (χ1n) is 3.37. The summed E-state index contributed by atoms with van der Waals surface area (Å²) in [4.78, 5) is 0. The van der Waals surface area contributed by atoms with Crippen molar-refractivity contribution in [1.82, 2.24) is 0 Å². The molecule has 0 aromatic rings. The Hall–Kier alpha value is 0.860. The van der Waals surface area contributed by atoms with Gasteiger partial charge in [-0.25, -0.2) is 0 Å². The van der Waals surface area contributed by atoms with E-state index in [2.05, 4.69) is 6.92 Å². The van der Waals surface area contributed by atoms with E-state index in [0.29, 0.717) is 0 Å². The van der Waals surface area contributed by atoms with Gasteiger partial charge in [0.1, 0.15) is 0 Å². The molecule has 1 aliphatic heterocycles. The highest BCUT2D eigenvalue weighted by molar-refractivity contribution is 7.47. The van der Waals surface area contributed by atoms with E-state index in [1.165, 1.54) is 35.9 Å². The van der Waals surface area contributed by atoms with Gasteiger partial charge in [-0.2, -0.15) is 0 Å². The van der Waals surface area contributed by atoms with Crippen LogP contribution in [0.25, 0.3) is 0 Å². The van der Waals surface area contributed by atoms with Gasteiger partial charge in [0.15, 0.2) is 0 Å². The highest BCUT2D eigenvalue weighted by Gasteiger charge is 2.09. The van der Waals surface area contributed by atoms with Gasteiger partial charge in [0.2, 0.25) is 0 Å². The minimum absolute atomic E-state index is 1.13. The minimum atomic E-state index is 1.13. The van der Waals surface area contributed by atoms with Gasteiger partial charge in [-0.3, -0.25) is 0 Å². The van der Waals surface area contributed by atoms with E-state index in [9.17, 15) is 0 Å². The second-order valence-corrected chi connectivity index (χ2v) is 5.40. The molecule has 0 N–H and O–H groups in total. The Morgan fingerprint density at radius 3 is 2.75 bits per heavy atom. The Labute approximate surface area is 55.4 Å². The van der Waals surface area contributed by atoms with E-state index in [0.717, 1.165) is 5.66 Å². The molecule has 1 rings (SSSR count). The van der Waals surface area contributed by atoms with E-state index in [1.807, 2.05) is 0 Å². The van der Waals surface area contributed by atoms with Crippen molar-refractivity contribution in [2.75, 3.05) is 18.5 Å². The Kier molecular flexibility index (Phi) is 3.32. The van der Waals surface area contributed by atoms with Crippen molar-refractivity contribution in [3.8, 4) is 0 Å². The summed E-state index contributed by atoms with van der Waals surface area (Å²) >= 11 is 0. The van der Waals surface area contributed by atoms with Crippen LogP contribution in [-0.2, 0) is 0 Å². The molecule has 48 valence electrons. The van der Waals surface area contributed by atoms with E-state index < -0.39 is 0 Å². The molecule has 1 saturated heterocycles. The summed E-state index contributed by atoms with van der Waals surface area (Å²) in [7, 11) is 2.60. The Bertz CT molecular complexity index is 57.5. The van der Waals surface area contributed by atoms with Gasteiger partial charge in [0.25, 0.3) is 0 Å². The molecular weight excluding hydrogens is 134 g/mol. The summed E-state index contributed by atoms with van der Waals surface area (Å²) in [5.74, 6) is 0. The molecule has 0 aromatic heterocycles. The van der Waals surface area contributed by atoms with Gasteiger partial charge in [0, 0.05) is 0 Å². The molecule has 0 radical (unpaired) electrons. The zero-order chi connectivity index (χ0) is 5.82. The van der Waals surface area contributed by atoms with Crippen molar-refractivity contribution < 1.29 is 0 Å².